The molecule has 108 valence electrons. The van der Waals surface area contributed by atoms with Gasteiger partial charge in [0.15, 0.2) is 0 Å². The van der Waals surface area contributed by atoms with E-state index in [-0.39, 0.29) is 34.6 Å². The minimum absolute atomic E-state index is 0. The van der Waals surface area contributed by atoms with Gasteiger partial charge in [-0.1, -0.05) is 78.9 Å². The molecule has 22 heavy (non-hydrogen) atoms. The van der Waals surface area contributed by atoms with Crippen molar-refractivity contribution in [3.63, 3.8) is 0 Å². The van der Waals surface area contributed by atoms with Gasteiger partial charge in [0.1, 0.15) is 5.75 Å². The maximum Gasteiger partial charge on any atom is 2.00 e. The molecule has 3 aromatic carbocycles. The number of aromatic hydroxyl groups is 1. The van der Waals surface area contributed by atoms with E-state index in [4.69, 9.17) is 5.11 Å². The number of phenols is 1. The SMILES string of the molecule is Oc1ccccc1.[Mg+2].[O-]c1ccccc1.[O-]c1ccccc1. The summed E-state index contributed by atoms with van der Waals surface area (Å²) in [5, 5.41) is 29.2. The Labute approximate surface area is 146 Å². The van der Waals surface area contributed by atoms with Gasteiger partial charge in [-0.25, -0.2) is 0 Å². The zero-order chi connectivity index (χ0) is 15.3. The number of phenolic OH excluding ortho intramolecular Hbond substituents is 1. The van der Waals surface area contributed by atoms with Gasteiger partial charge in [0.2, 0.25) is 0 Å². The van der Waals surface area contributed by atoms with E-state index in [0.29, 0.717) is 5.75 Å². The van der Waals surface area contributed by atoms with Crippen LogP contribution in [0.25, 0.3) is 0 Å². The molecule has 0 aliphatic rings. The summed E-state index contributed by atoms with van der Waals surface area (Å²) >= 11 is 0. The van der Waals surface area contributed by atoms with E-state index in [1.165, 1.54) is 24.3 Å². The minimum atomic E-state index is 0. The topological polar surface area (TPSA) is 66.3 Å². The number of benzene rings is 3. The molecule has 0 radical (unpaired) electrons. The molecular formula is C18H16MgO3. The Kier molecular flexibility index (Phi) is 11.3. The van der Waals surface area contributed by atoms with Gasteiger partial charge in [-0.15, -0.1) is 11.5 Å². The first-order chi connectivity index (χ1) is 10.2. The van der Waals surface area contributed by atoms with Crippen molar-refractivity contribution in [3.8, 4) is 17.2 Å². The molecule has 0 atom stereocenters. The van der Waals surface area contributed by atoms with Crippen molar-refractivity contribution >= 4 is 23.1 Å². The third-order valence-corrected chi connectivity index (χ3v) is 2.24. The predicted molar refractivity (Wildman–Crippen MR) is 85.6 cm³/mol. The summed E-state index contributed by atoms with van der Waals surface area (Å²) < 4.78 is 0. The third kappa shape index (κ3) is 10.6. The number of hydrogen-bond donors (Lipinski definition) is 1. The second-order valence-corrected chi connectivity index (χ2v) is 3.96. The Morgan fingerprint density at radius 3 is 0.909 bits per heavy atom. The van der Waals surface area contributed by atoms with Crippen LogP contribution in [0, 0.1) is 0 Å². The van der Waals surface area contributed by atoms with Crippen LogP contribution in [-0.2, 0) is 0 Å². The van der Waals surface area contributed by atoms with Crippen LogP contribution in [0.3, 0.4) is 0 Å². The van der Waals surface area contributed by atoms with Crippen LogP contribution in [0.4, 0.5) is 0 Å². The zero-order valence-corrected chi connectivity index (χ0v) is 13.5. The van der Waals surface area contributed by atoms with Crippen molar-refractivity contribution in [1.82, 2.24) is 0 Å². The fraction of sp³-hybridized carbons (Fsp3) is 0. The van der Waals surface area contributed by atoms with Crippen LogP contribution in [0.1, 0.15) is 0 Å². The summed E-state index contributed by atoms with van der Waals surface area (Å²) in [6, 6.07) is 25.4. The molecule has 4 heteroatoms. The smallest absolute Gasteiger partial charge is 0.872 e. The molecule has 3 nitrogen and oxygen atoms in total. The maximum atomic E-state index is 10.3. The van der Waals surface area contributed by atoms with Gasteiger partial charge >= 0.3 is 23.1 Å². The van der Waals surface area contributed by atoms with E-state index < -0.39 is 0 Å². The second kappa shape index (κ2) is 12.6. The monoisotopic (exact) mass is 304 g/mol. The molecule has 0 fully saturated rings. The summed E-state index contributed by atoms with van der Waals surface area (Å²) in [5.74, 6) is 0.465. The Balaban J connectivity index is 0.000000294. The normalized spacial score (nSPS) is 8.18. The van der Waals surface area contributed by atoms with Gasteiger partial charge in [-0.05, 0) is 12.1 Å². The Morgan fingerprint density at radius 2 is 0.773 bits per heavy atom. The number of rotatable bonds is 0. The van der Waals surface area contributed by atoms with Crippen molar-refractivity contribution in [2.75, 3.05) is 0 Å². The third-order valence-electron chi connectivity index (χ3n) is 2.24. The van der Waals surface area contributed by atoms with Gasteiger partial charge in [0.25, 0.3) is 0 Å². The predicted octanol–water partition coefficient (Wildman–Crippen LogP) is 2.53. The van der Waals surface area contributed by atoms with E-state index in [0.717, 1.165) is 0 Å². The summed E-state index contributed by atoms with van der Waals surface area (Å²) in [7, 11) is 0. The molecule has 0 unspecified atom stereocenters. The first-order valence-corrected chi connectivity index (χ1v) is 6.36. The molecule has 1 N–H and O–H groups in total. The van der Waals surface area contributed by atoms with Gasteiger partial charge in [-0.3, -0.25) is 0 Å². The van der Waals surface area contributed by atoms with Crippen molar-refractivity contribution in [2.24, 2.45) is 0 Å². The standard InChI is InChI=1S/3C6H6O.Mg/c3*7-6-4-2-1-3-5-6;/h3*1-5,7H;/q;;;+2/p-2. The molecular weight excluding hydrogens is 288 g/mol. The molecule has 0 saturated heterocycles. The van der Waals surface area contributed by atoms with Crippen LogP contribution >= 0.6 is 0 Å². The van der Waals surface area contributed by atoms with Gasteiger partial charge < -0.3 is 15.3 Å². The molecule has 0 saturated carbocycles. The fourth-order valence-electron chi connectivity index (χ4n) is 1.27. The van der Waals surface area contributed by atoms with Crippen LogP contribution in [0.5, 0.6) is 17.2 Å². The molecule has 0 spiro atoms. The van der Waals surface area contributed by atoms with Crippen LogP contribution in [0.15, 0.2) is 91.0 Å². The quantitative estimate of drug-likeness (QED) is 0.649. The van der Waals surface area contributed by atoms with Crippen LogP contribution in [-0.4, -0.2) is 28.2 Å². The molecule has 0 aromatic heterocycles. The molecule has 0 bridgehead atoms. The molecule has 0 heterocycles. The van der Waals surface area contributed by atoms with E-state index in [2.05, 4.69) is 0 Å². The maximum absolute atomic E-state index is 10.3. The molecule has 0 amide bonds. The Morgan fingerprint density at radius 1 is 0.500 bits per heavy atom. The van der Waals surface area contributed by atoms with Crippen LogP contribution < -0.4 is 10.2 Å². The Bertz CT molecular complexity index is 497. The summed E-state index contributed by atoms with van der Waals surface area (Å²) in [6.07, 6.45) is 0. The van der Waals surface area contributed by atoms with E-state index in [1.54, 1.807) is 48.5 Å². The molecule has 3 rings (SSSR count). The summed E-state index contributed by atoms with van der Waals surface area (Å²) in [4.78, 5) is 0. The average molecular weight is 305 g/mol. The summed E-state index contributed by atoms with van der Waals surface area (Å²) in [6.45, 7) is 0. The van der Waals surface area contributed by atoms with Crippen LogP contribution in [0.2, 0.25) is 0 Å². The Hall–Kier alpha value is -2.17. The zero-order valence-electron chi connectivity index (χ0n) is 12.1. The number of para-hydroxylation sites is 3. The van der Waals surface area contributed by atoms with Gasteiger partial charge in [0.05, 0.1) is 0 Å². The minimum Gasteiger partial charge on any atom is -0.872 e. The molecule has 0 aliphatic heterocycles. The largest absolute Gasteiger partial charge is 2.00 e. The molecule has 0 aliphatic carbocycles. The van der Waals surface area contributed by atoms with Crippen molar-refractivity contribution < 1.29 is 15.3 Å². The van der Waals surface area contributed by atoms with Crippen molar-refractivity contribution in [1.29, 1.82) is 0 Å². The first kappa shape index (κ1) is 19.8. The average Bonchev–Trinajstić information content (AvgIpc) is 2.51. The van der Waals surface area contributed by atoms with Gasteiger partial charge in [-0.2, -0.15) is 0 Å². The van der Waals surface area contributed by atoms with Crippen molar-refractivity contribution in [2.45, 2.75) is 0 Å². The molecule has 3 aromatic rings. The van der Waals surface area contributed by atoms with Crippen molar-refractivity contribution in [3.05, 3.63) is 91.0 Å². The van der Waals surface area contributed by atoms with E-state index in [1.807, 2.05) is 18.2 Å². The van der Waals surface area contributed by atoms with Gasteiger partial charge in [0, 0.05) is 0 Å². The number of hydrogen-bond acceptors (Lipinski definition) is 3. The fourth-order valence-corrected chi connectivity index (χ4v) is 1.27. The van der Waals surface area contributed by atoms with E-state index >= 15 is 0 Å². The first-order valence-electron chi connectivity index (χ1n) is 6.36. The summed E-state index contributed by atoms with van der Waals surface area (Å²) in [5.41, 5.74) is 0. The second-order valence-electron chi connectivity index (χ2n) is 3.96. The van der Waals surface area contributed by atoms with E-state index in [9.17, 15) is 10.2 Å².